The van der Waals surface area contributed by atoms with E-state index >= 15 is 0 Å². The van der Waals surface area contributed by atoms with E-state index in [2.05, 4.69) is 85.8 Å². The molecule has 1 aromatic heterocycles. The molecular weight excluding hydrogens is 590 g/mol. The van der Waals surface area contributed by atoms with Crippen LogP contribution in [0.3, 0.4) is 0 Å². The Labute approximate surface area is 225 Å². The third-order valence-corrected chi connectivity index (χ3v) is 6.61. The molecule has 0 aliphatic carbocycles. The summed E-state index contributed by atoms with van der Waals surface area (Å²) < 4.78 is 12.7. The summed E-state index contributed by atoms with van der Waals surface area (Å²) >= 11 is 7.01. The third kappa shape index (κ3) is 5.58. The highest BCUT2D eigenvalue weighted by molar-refractivity contribution is 9.11. The van der Waals surface area contributed by atoms with Crippen LogP contribution >= 0.6 is 31.9 Å². The van der Waals surface area contributed by atoms with E-state index in [0.717, 1.165) is 31.0 Å². The number of hydrogen-bond donors (Lipinski definition) is 2. The zero-order valence-electron chi connectivity index (χ0n) is 19.4. The summed E-state index contributed by atoms with van der Waals surface area (Å²) in [5, 5.41) is 9.93. The van der Waals surface area contributed by atoms with Crippen molar-refractivity contribution < 1.29 is 9.47 Å². The molecule has 1 aliphatic rings. The fraction of sp³-hybridized carbons (Fsp3) is 0.200. The molecule has 11 heteroatoms. The van der Waals surface area contributed by atoms with E-state index < -0.39 is 0 Å². The molecule has 0 bridgehead atoms. The number of nitrogens with one attached hydrogen (secondary N) is 2. The molecule has 0 amide bonds. The SMILES string of the molecule is COc1c(Br)cc(Br)cc1/C=N/Nc1nc(Nc2cccc3ccccc23)nc(N2CCOCC2)n1. The molecule has 0 spiro atoms. The number of nitrogens with zero attached hydrogens (tertiary/aromatic N) is 5. The number of morpholine rings is 1. The van der Waals surface area contributed by atoms with E-state index in [-0.39, 0.29) is 0 Å². The maximum absolute atomic E-state index is 5.50. The third-order valence-electron chi connectivity index (χ3n) is 5.56. The lowest BCUT2D eigenvalue weighted by Gasteiger charge is -2.27. The predicted octanol–water partition coefficient (Wildman–Crippen LogP) is 5.58. The molecule has 0 atom stereocenters. The van der Waals surface area contributed by atoms with Crippen molar-refractivity contribution in [1.29, 1.82) is 0 Å². The zero-order valence-corrected chi connectivity index (χ0v) is 22.6. The highest BCUT2D eigenvalue weighted by Gasteiger charge is 2.17. The molecule has 9 nitrogen and oxygen atoms in total. The monoisotopic (exact) mass is 611 g/mol. The summed E-state index contributed by atoms with van der Waals surface area (Å²) in [7, 11) is 1.62. The van der Waals surface area contributed by atoms with E-state index in [1.165, 1.54) is 0 Å². The van der Waals surface area contributed by atoms with Gasteiger partial charge in [0.05, 0.1) is 31.0 Å². The van der Waals surface area contributed by atoms with Crippen LogP contribution in [0, 0.1) is 0 Å². The van der Waals surface area contributed by atoms with Gasteiger partial charge >= 0.3 is 0 Å². The molecular formula is C25H23Br2N7O2. The molecule has 2 N–H and O–H groups in total. The van der Waals surface area contributed by atoms with Gasteiger partial charge in [-0.15, -0.1) is 0 Å². The number of anilines is 4. The summed E-state index contributed by atoms with van der Waals surface area (Å²) in [6.45, 7) is 2.64. The van der Waals surface area contributed by atoms with Gasteiger partial charge in [-0.1, -0.05) is 52.3 Å². The van der Waals surface area contributed by atoms with Crippen molar-refractivity contribution in [2.75, 3.05) is 49.1 Å². The standard InChI is InChI=1S/C25H23Br2N7O2/c1-35-22-17(13-18(26)14-20(22)27)15-28-33-24-30-23(31-25(32-24)34-9-11-36-12-10-34)29-21-8-4-6-16-5-2-3-7-19(16)21/h2-8,13-15H,9-12H2,1H3,(H2,29,30,31,32,33)/b28-15+. The lowest BCUT2D eigenvalue weighted by Crippen LogP contribution is -2.37. The van der Waals surface area contributed by atoms with E-state index in [4.69, 9.17) is 9.47 Å². The number of hydrogen-bond acceptors (Lipinski definition) is 9. The minimum absolute atomic E-state index is 0.318. The van der Waals surface area contributed by atoms with E-state index in [9.17, 15) is 0 Å². The van der Waals surface area contributed by atoms with Gasteiger partial charge in [0.25, 0.3) is 0 Å². The Morgan fingerprint density at radius 2 is 1.78 bits per heavy atom. The largest absolute Gasteiger partial charge is 0.495 e. The maximum atomic E-state index is 5.50. The average Bonchev–Trinajstić information content (AvgIpc) is 2.89. The number of benzene rings is 3. The predicted molar refractivity (Wildman–Crippen MR) is 150 cm³/mol. The van der Waals surface area contributed by atoms with Crippen LogP contribution < -0.4 is 20.4 Å². The van der Waals surface area contributed by atoms with Gasteiger partial charge in [-0.3, -0.25) is 0 Å². The van der Waals surface area contributed by atoms with Crippen molar-refractivity contribution >= 4 is 72.4 Å². The van der Waals surface area contributed by atoms with Crippen LogP contribution in [-0.4, -0.2) is 54.6 Å². The first-order chi connectivity index (χ1) is 17.6. The van der Waals surface area contributed by atoms with Crippen molar-refractivity contribution in [1.82, 2.24) is 15.0 Å². The van der Waals surface area contributed by atoms with E-state index in [1.54, 1.807) is 13.3 Å². The van der Waals surface area contributed by atoms with Crippen LogP contribution in [0.25, 0.3) is 10.8 Å². The van der Waals surface area contributed by atoms with Crippen LogP contribution in [0.2, 0.25) is 0 Å². The van der Waals surface area contributed by atoms with Crippen LogP contribution in [0.4, 0.5) is 23.5 Å². The number of halogens is 2. The molecule has 3 aromatic carbocycles. The average molecular weight is 613 g/mol. The van der Waals surface area contributed by atoms with Gasteiger partial charge in [0.1, 0.15) is 5.75 Å². The number of hydrazone groups is 1. The number of aromatic nitrogens is 3. The summed E-state index contributed by atoms with van der Waals surface area (Å²) in [4.78, 5) is 15.9. The van der Waals surface area contributed by atoms with Crippen molar-refractivity contribution in [3.05, 3.63) is 69.1 Å². The minimum atomic E-state index is 0.318. The van der Waals surface area contributed by atoms with Gasteiger partial charge in [-0.25, -0.2) is 5.43 Å². The summed E-state index contributed by atoms with van der Waals surface area (Å²) in [6, 6.07) is 18.1. The second-order valence-electron chi connectivity index (χ2n) is 7.91. The first kappa shape index (κ1) is 24.4. The number of methoxy groups -OCH3 is 1. The molecule has 36 heavy (non-hydrogen) atoms. The molecule has 1 saturated heterocycles. The van der Waals surface area contributed by atoms with E-state index in [0.29, 0.717) is 49.9 Å². The molecule has 4 aromatic rings. The summed E-state index contributed by atoms with van der Waals surface area (Å²) in [6.07, 6.45) is 1.66. The Balaban J connectivity index is 1.46. The van der Waals surface area contributed by atoms with Gasteiger partial charge < -0.3 is 19.7 Å². The summed E-state index contributed by atoms with van der Waals surface area (Å²) in [5.41, 5.74) is 4.64. The van der Waals surface area contributed by atoms with E-state index in [1.807, 2.05) is 36.4 Å². The molecule has 184 valence electrons. The van der Waals surface area contributed by atoms with Crippen molar-refractivity contribution in [2.24, 2.45) is 5.10 Å². The van der Waals surface area contributed by atoms with Crippen LogP contribution in [0.15, 0.2) is 68.6 Å². The fourth-order valence-electron chi connectivity index (χ4n) is 3.88. The Morgan fingerprint density at radius 1 is 1.00 bits per heavy atom. The molecule has 0 unspecified atom stereocenters. The molecule has 0 radical (unpaired) electrons. The lowest BCUT2D eigenvalue weighted by atomic mass is 10.1. The van der Waals surface area contributed by atoms with Gasteiger partial charge in [0, 0.05) is 34.2 Å². The second-order valence-corrected chi connectivity index (χ2v) is 9.68. The van der Waals surface area contributed by atoms with Crippen molar-refractivity contribution in [3.63, 3.8) is 0 Å². The first-order valence-electron chi connectivity index (χ1n) is 11.3. The minimum Gasteiger partial charge on any atom is -0.495 e. The molecule has 1 aliphatic heterocycles. The van der Waals surface area contributed by atoms with Gasteiger partial charge in [-0.2, -0.15) is 20.1 Å². The van der Waals surface area contributed by atoms with Crippen molar-refractivity contribution in [2.45, 2.75) is 0 Å². The van der Waals surface area contributed by atoms with Crippen LogP contribution in [0.1, 0.15) is 5.56 Å². The van der Waals surface area contributed by atoms with Crippen LogP contribution in [0.5, 0.6) is 5.75 Å². The molecule has 1 fully saturated rings. The normalized spacial score (nSPS) is 13.8. The Hall–Kier alpha value is -3.28. The Bertz CT molecular complexity index is 1410. The zero-order chi connectivity index (χ0) is 24.9. The fourth-order valence-corrected chi connectivity index (χ4v) is 5.30. The van der Waals surface area contributed by atoms with Gasteiger partial charge in [-0.05, 0) is 39.5 Å². The smallest absolute Gasteiger partial charge is 0.250 e. The topological polar surface area (TPSA) is 96.8 Å². The molecule has 0 saturated carbocycles. The van der Waals surface area contributed by atoms with Crippen LogP contribution in [-0.2, 0) is 4.74 Å². The van der Waals surface area contributed by atoms with Gasteiger partial charge in [0.2, 0.25) is 17.8 Å². The van der Waals surface area contributed by atoms with Gasteiger partial charge in [0.15, 0.2) is 0 Å². The van der Waals surface area contributed by atoms with Crippen molar-refractivity contribution in [3.8, 4) is 5.75 Å². The molecule has 5 rings (SSSR count). The Kier molecular flexibility index (Phi) is 7.59. The highest BCUT2D eigenvalue weighted by atomic mass is 79.9. The highest BCUT2D eigenvalue weighted by Crippen LogP contribution is 2.32. The second kappa shape index (κ2) is 11.2. The molecule has 2 heterocycles. The quantitative estimate of drug-likeness (QED) is 0.206. The summed E-state index contributed by atoms with van der Waals surface area (Å²) in [5.74, 6) is 1.96. The first-order valence-corrected chi connectivity index (χ1v) is 12.8. The number of ether oxygens (including phenoxy) is 2. The lowest BCUT2D eigenvalue weighted by molar-refractivity contribution is 0.122. The maximum Gasteiger partial charge on any atom is 0.250 e. The number of fused-ring (bicyclic) bond motifs is 1. The number of rotatable bonds is 7. The Morgan fingerprint density at radius 3 is 2.61 bits per heavy atom.